The average molecular weight is 228 g/mol. The van der Waals surface area contributed by atoms with Gasteiger partial charge in [0.2, 0.25) is 6.79 Å². The molecule has 1 aliphatic rings. The van der Waals surface area contributed by atoms with Crippen LogP contribution in [0, 0.1) is 0 Å². The highest BCUT2D eigenvalue weighted by Gasteiger charge is 2.17. The minimum Gasteiger partial charge on any atom is -0.454 e. The number of nitrogens with zero attached hydrogens (tertiary/aromatic N) is 1. The molecular formula is C10H10ClNO3. The number of hydrogen-bond donors (Lipinski definition) is 0. The first-order valence-corrected chi connectivity index (χ1v) is 4.97. The number of amides is 1. The van der Waals surface area contributed by atoms with E-state index in [1.807, 2.05) is 6.92 Å². The molecule has 0 saturated heterocycles. The lowest BCUT2D eigenvalue weighted by molar-refractivity contribution is 0.174. The van der Waals surface area contributed by atoms with Crippen molar-refractivity contribution in [2.24, 2.45) is 0 Å². The molecule has 1 amide bonds. The zero-order chi connectivity index (χ0) is 10.8. The van der Waals surface area contributed by atoms with Gasteiger partial charge in [-0.15, -0.1) is 0 Å². The van der Waals surface area contributed by atoms with Gasteiger partial charge in [0, 0.05) is 18.3 Å². The van der Waals surface area contributed by atoms with E-state index in [4.69, 9.17) is 21.1 Å². The van der Waals surface area contributed by atoms with Crippen molar-refractivity contribution in [3.05, 3.63) is 18.2 Å². The Morgan fingerprint density at radius 2 is 2.20 bits per heavy atom. The molecular weight excluding hydrogens is 218 g/mol. The minimum absolute atomic E-state index is 0.222. The fraction of sp³-hybridized carbons (Fsp3) is 0.300. The van der Waals surface area contributed by atoms with Gasteiger partial charge in [-0.05, 0) is 30.7 Å². The van der Waals surface area contributed by atoms with Crippen LogP contribution in [0.15, 0.2) is 18.2 Å². The molecule has 0 unspecified atom stereocenters. The van der Waals surface area contributed by atoms with E-state index in [1.165, 1.54) is 4.90 Å². The molecule has 15 heavy (non-hydrogen) atoms. The van der Waals surface area contributed by atoms with Crippen LogP contribution in [0.3, 0.4) is 0 Å². The second-order valence-electron chi connectivity index (χ2n) is 3.03. The SMILES string of the molecule is CCN(C(=O)Cl)c1ccc2c(c1)OCO2. The first kappa shape index (κ1) is 10.1. The van der Waals surface area contributed by atoms with E-state index in [9.17, 15) is 4.79 Å². The fourth-order valence-corrected chi connectivity index (χ4v) is 1.68. The molecule has 0 atom stereocenters. The quantitative estimate of drug-likeness (QED) is 0.576. The van der Waals surface area contributed by atoms with Crippen molar-refractivity contribution in [3.8, 4) is 11.5 Å². The summed E-state index contributed by atoms with van der Waals surface area (Å²) in [6.07, 6.45) is 0. The molecule has 1 aliphatic heterocycles. The number of carbonyl (C=O) groups excluding carboxylic acids is 1. The third-order valence-corrected chi connectivity index (χ3v) is 2.40. The third-order valence-electron chi connectivity index (χ3n) is 2.20. The van der Waals surface area contributed by atoms with E-state index in [1.54, 1.807) is 18.2 Å². The summed E-state index contributed by atoms with van der Waals surface area (Å²) in [5.74, 6) is 1.33. The molecule has 4 nitrogen and oxygen atoms in total. The van der Waals surface area contributed by atoms with Gasteiger partial charge in [0.15, 0.2) is 11.5 Å². The number of hydrogen-bond acceptors (Lipinski definition) is 3. The molecule has 2 rings (SSSR count). The van der Waals surface area contributed by atoms with E-state index in [0.717, 1.165) is 0 Å². The molecule has 1 aromatic rings. The largest absolute Gasteiger partial charge is 0.454 e. The molecule has 80 valence electrons. The summed E-state index contributed by atoms with van der Waals surface area (Å²) < 4.78 is 10.4. The summed E-state index contributed by atoms with van der Waals surface area (Å²) in [7, 11) is 0. The Balaban J connectivity index is 2.32. The molecule has 0 spiro atoms. The lowest BCUT2D eigenvalue weighted by Crippen LogP contribution is -2.24. The molecule has 5 heteroatoms. The van der Waals surface area contributed by atoms with E-state index < -0.39 is 5.37 Å². The number of carbonyl (C=O) groups is 1. The Morgan fingerprint density at radius 1 is 1.47 bits per heavy atom. The van der Waals surface area contributed by atoms with Gasteiger partial charge >= 0.3 is 5.37 Å². The summed E-state index contributed by atoms with van der Waals surface area (Å²) in [6, 6.07) is 5.28. The summed E-state index contributed by atoms with van der Waals surface area (Å²) >= 11 is 5.44. The van der Waals surface area contributed by atoms with E-state index >= 15 is 0 Å². The highest BCUT2D eigenvalue weighted by Crippen LogP contribution is 2.35. The number of halogens is 1. The van der Waals surface area contributed by atoms with Crippen molar-refractivity contribution in [2.45, 2.75) is 6.92 Å². The second-order valence-corrected chi connectivity index (χ2v) is 3.36. The number of anilines is 1. The fourth-order valence-electron chi connectivity index (χ4n) is 1.46. The molecule has 0 radical (unpaired) electrons. The van der Waals surface area contributed by atoms with Crippen molar-refractivity contribution < 1.29 is 14.3 Å². The molecule has 0 fully saturated rings. The number of rotatable bonds is 2. The Hall–Kier alpha value is -1.42. The average Bonchev–Trinajstić information content (AvgIpc) is 2.65. The van der Waals surface area contributed by atoms with Gasteiger partial charge in [-0.25, -0.2) is 0 Å². The summed E-state index contributed by atoms with van der Waals surface area (Å²) in [5.41, 5.74) is 0.710. The van der Waals surface area contributed by atoms with Crippen LogP contribution < -0.4 is 14.4 Å². The molecule has 0 N–H and O–H groups in total. The molecule has 0 bridgehead atoms. The van der Waals surface area contributed by atoms with Gasteiger partial charge in [-0.3, -0.25) is 9.69 Å². The maximum absolute atomic E-state index is 11.1. The first-order chi connectivity index (χ1) is 7.22. The highest BCUT2D eigenvalue weighted by molar-refractivity contribution is 6.66. The van der Waals surface area contributed by atoms with Crippen LogP contribution >= 0.6 is 11.6 Å². The van der Waals surface area contributed by atoms with Crippen molar-refractivity contribution >= 4 is 22.7 Å². The summed E-state index contributed by atoms with van der Waals surface area (Å²) in [4.78, 5) is 12.5. The van der Waals surface area contributed by atoms with Crippen LogP contribution in [-0.2, 0) is 0 Å². The predicted molar refractivity (Wildman–Crippen MR) is 56.8 cm³/mol. The van der Waals surface area contributed by atoms with Gasteiger partial charge in [0.25, 0.3) is 0 Å². The number of ether oxygens (including phenoxy) is 2. The van der Waals surface area contributed by atoms with Gasteiger partial charge in [-0.1, -0.05) is 0 Å². The Morgan fingerprint density at radius 3 is 2.87 bits per heavy atom. The van der Waals surface area contributed by atoms with E-state index in [0.29, 0.717) is 23.7 Å². The third kappa shape index (κ3) is 1.85. The van der Waals surface area contributed by atoms with Crippen LogP contribution in [0.4, 0.5) is 10.5 Å². The van der Waals surface area contributed by atoms with Crippen molar-refractivity contribution in [3.63, 3.8) is 0 Å². The monoisotopic (exact) mass is 227 g/mol. The molecule has 1 heterocycles. The highest BCUT2D eigenvalue weighted by atomic mass is 35.5. The van der Waals surface area contributed by atoms with Crippen molar-refractivity contribution in [2.75, 3.05) is 18.2 Å². The normalized spacial score (nSPS) is 12.7. The first-order valence-electron chi connectivity index (χ1n) is 4.59. The van der Waals surface area contributed by atoms with Crippen LogP contribution in [0.1, 0.15) is 6.92 Å². The Bertz CT molecular complexity index is 394. The zero-order valence-corrected chi connectivity index (χ0v) is 8.95. The Labute approximate surface area is 92.3 Å². The van der Waals surface area contributed by atoms with Crippen molar-refractivity contribution in [1.29, 1.82) is 0 Å². The van der Waals surface area contributed by atoms with Gasteiger partial charge < -0.3 is 9.47 Å². The molecule has 1 aromatic carbocycles. The smallest absolute Gasteiger partial charge is 0.320 e. The van der Waals surface area contributed by atoms with Crippen LogP contribution in [0.25, 0.3) is 0 Å². The van der Waals surface area contributed by atoms with Crippen LogP contribution in [-0.4, -0.2) is 18.7 Å². The topological polar surface area (TPSA) is 38.8 Å². The number of benzene rings is 1. The maximum atomic E-state index is 11.1. The lowest BCUT2D eigenvalue weighted by atomic mass is 10.2. The predicted octanol–water partition coefficient (Wildman–Crippen LogP) is 2.60. The second kappa shape index (κ2) is 3.98. The molecule has 0 aromatic heterocycles. The number of fused-ring (bicyclic) bond motifs is 1. The summed E-state index contributed by atoms with van der Waals surface area (Å²) in [6.45, 7) is 2.59. The summed E-state index contributed by atoms with van der Waals surface area (Å²) in [5, 5.41) is -0.503. The van der Waals surface area contributed by atoms with E-state index in [-0.39, 0.29) is 6.79 Å². The molecule has 0 aliphatic carbocycles. The van der Waals surface area contributed by atoms with Crippen LogP contribution in [0.5, 0.6) is 11.5 Å². The van der Waals surface area contributed by atoms with Gasteiger partial charge in [0.1, 0.15) is 0 Å². The lowest BCUT2D eigenvalue weighted by Gasteiger charge is -2.17. The minimum atomic E-state index is -0.503. The molecule has 0 saturated carbocycles. The Kier molecular flexibility index (Phi) is 2.68. The maximum Gasteiger partial charge on any atom is 0.320 e. The van der Waals surface area contributed by atoms with Gasteiger partial charge in [0.05, 0.1) is 0 Å². The van der Waals surface area contributed by atoms with E-state index in [2.05, 4.69) is 0 Å². The van der Waals surface area contributed by atoms with Crippen LogP contribution in [0.2, 0.25) is 0 Å². The zero-order valence-electron chi connectivity index (χ0n) is 8.20. The van der Waals surface area contributed by atoms with Crippen molar-refractivity contribution in [1.82, 2.24) is 0 Å². The standard InChI is InChI=1S/C10H10ClNO3/c1-2-12(10(11)13)7-3-4-8-9(5-7)15-6-14-8/h3-5H,2,6H2,1H3. The van der Waals surface area contributed by atoms with Gasteiger partial charge in [-0.2, -0.15) is 0 Å².